The van der Waals surface area contributed by atoms with Crippen molar-refractivity contribution in [2.45, 2.75) is 39.2 Å². The van der Waals surface area contributed by atoms with Crippen molar-refractivity contribution in [3.63, 3.8) is 0 Å². The van der Waals surface area contributed by atoms with Crippen LogP contribution in [0.25, 0.3) is 0 Å². The van der Waals surface area contributed by atoms with Crippen molar-refractivity contribution >= 4 is 29.1 Å². The number of methoxy groups -OCH3 is 2. The highest BCUT2D eigenvalue weighted by Gasteiger charge is 2.20. The Morgan fingerprint density at radius 1 is 0.921 bits per heavy atom. The third-order valence-corrected chi connectivity index (χ3v) is 6.60. The first kappa shape index (κ1) is 29.0. The van der Waals surface area contributed by atoms with Crippen LogP contribution < -0.4 is 20.5 Å². The molecule has 0 saturated heterocycles. The Labute approximate surface area is 229 Å². The lowest BCUT2D eigenvalue weighted by molar-refractivity contribution is 0.0741. The van der Waals surface area contributed by atoms with Crippen molar-refractivity contribution in [3.8, 4) is 11.5 Å². The van der Waals surface area contributed by atoms with Crippen LogP contribution >= 0.6 is 11.6 Å². The molecular formula is C30H36ClN3O4. The molecule has 0 bridgehead atoms. The van der Waals surface area contributed by atoms with E-state index in [1.807, 2.05) is 24.3 Å². The van der Waals surface area contributed by atoms with Crippen LogP contribution in [0.2, 0.25) is 5.02 Å². The molecule has 0 atom stereocenters. The zero-order valence-electron chi connectivity index (χ0n) is 22.6. The molecule has 0 heterocycles. The first-order valence-electron chi connectivity index (χ1n) is 12.5. The summed E-state index contributed by atoms with van der Waals surface area (Å²) in [6.07, 6.45) is 0.623. The molecule has 202 valence electrons. The molecule has 0 aliphatic rings. The molecule has 0 aliphatic carbocycles. The van der Waals surface area contributed by atoms with Crippen LogP contribution in [0.1, 0.15) is 59.0 Å². The van der Waals surface area contributed by atoms with Crippen LogP contribution in [0.4, 0.5) is 5.69 Å². The van der Waals surface area contributed by atoms with Crippen LogP contribution in [0, 0.1) is 0 Å². The molecule has 0 aliphatic heterocycles. The minimum Gasteiger partial charge on any atom is -0.493 e. The number of halogens is 1. The van der Waals surface area contributed by atoms with Gasteiger partial charge in [-0.1, -0.05) is 44.5 Å². The molecule has 0 spiro atoms. The average molecular weight is 538 g/mol. The molecule has 3 aromatic carbocycles. The molecule has 3 N–H and O–H groups in total. The normalized spacial score (nSPS) is 11.1. The van der Waals surface area contributed by atoms with Crippen LogP contribution in [0.15, 0.2) is 60.7 Å². The van der Waals surface area contributed by atoms with Gasteiger partial charge < -0.3 is 25.4 Å². The maximum atomic E-state index is 13.5. The van der Waals surface area contributed by atoms with Crippen molar-refractivity contribution in [2.24, 2.45) is 5.73 Å². The quantitative estimate of drug-likeness (QED) is 0.336. The lowest BCUT2D eigenvalue weighted by Crippen LogP contribution is -2.32. The predicted molar refractivity (Wildman–Crippen MR) is 153 cm³/mol. The van der Waals surface area contributed by atoms with Gasteiger partial charge in [-0.25, -0.2) is 0 Å². The summed E-state index contributed by atoms with van der Waals surface area (Å²) in [5.41, 5.74) is 9.21. The van der Waals surface area contributed by atoms with Crippen LogP contribution in [0.3, 0.4) is 0 Å². The van der Waals surface area contributed by atoms with E-state index < -0.39 is 0 Å². The molecule has 2 amide bonds. The van der Waals surface area contributed by atoms with Crippen molar-refractivity contribution in [3.05, 3.63) is 87.9 Å². The van der Waals surface area contributed by atoms with Crippen molar-refractivity contribution < 1.29 is 19.1 Å². The van der Waals surface area contributed by atoms with E-state index in [2.05, 4.69) is 26.1 Å². The summed E-state index contributed by atoms with van der Waals surface area (Å²) in [5.74, 6) is 0.594. The number of hydrogen-bond donors (Lipinski definition) is 2. The van der Waals surface area contributed by atoms with E-state index in [9.17, 15) is 9.59 Å². The third-order valence-electron chi connectivity index (χ3n) is 6.23. The Balaban J connectivity index is 1.81. The van der Waals surface area contributed by atoms with Gasteiger partial charge in [0.15, 0.2) is 11.5 Å². The number of carbonyl (C=O) groups is 2. The summed E-state index contributed by atoms with van der Waals surface area (Å²) in [7, 11) is 3.07. The number of benzene rings is 3. The molecule has 0 radical (unpaired) electrons. The highest BCUT2D eigenvalue weighted by atomic mass is 35.5. The standard InChI is InChI=1S/C30H36ClN3O4/c1-30(2,3)23-10-7-20(8-11-23)28(35)33-24-12-13-25(31)22(17-24)19-34(16-6-15-32)29(36)21-9-14-26(37-4)27(18-21)38-5/h7-14,17-18H,6,15-16,19,32H2,1-5H3,(H,33,35). The fourth-order valence-electron chi connectivity index (χ4n) is 3.99. The molecule has 0 fully saturated rings. The number of anilines is 1. The first-order chi connectivity index (χ1) is 18.1. The van der Waals surface area contributed by atoms with Gasteiger partial charge in [0.1, 0.15) is 0 Å². The Morgan fingerprint density at radius 2 is 1.58 bits per heavy atom. The number of amides is 2. The number of rotatable bonds is 10. The van der Waals surface area contributed by atoms with Crippen molar-refractivity contribution in [1.82, 2.24) is 4.90 Å². The van der Waals surface area contributed by atoms with Crippen LogP contribution in [0.5, 0.6) is 11.5 Å². The fraction of sp³-hybridized carbons (Fsp3) is 0.333. The maximum absolute atomic E-state index is 13.5. The van der Waals surface area contributed by atoms with Gasteiger partial charge in [-0.2, -0.15) is 0 Å². The van der Waals surface area contributed by atoms with Gasteiger partial charge in [0.25, 0.3) is 11.8 Å². The van der Waals surface area contributed by atoms with E-state index in [1.165, 1.54) is 7.11 Å². The fourth-order valence-corrected chi connectivity index (χ4v) is 4.17. The van der Waals surface area contributed by atoms with Gasteiger partial charge in [-0.05, 0) is 78.0 Å². The Hall–Kier alpha value is -3.55. The minimum atomic E-state index is -0.222. The lowest BCUT2D eigenvalue weighted by atomic mass is 9.87. The largest absolute Gasteiger partial charge is 0.493 e. The summed E-state index contributed by atoms with van der Waals surface area (Å²) in [4.78, 5) is 28.0. The highest BCUT2D eigenvalue weighted by Crippen LogP contribution is 2.29. The SMILES string of the molecule is COc1ccc(C(=O)N(CCCN)Cc2cc(NC(=O)c3ccc(C(C)(C)C)cc3)ccc2Cl)cc1OC. The molecule has 3 rings (SSSR count). The van der Waals surface area contributed by atoms with E-state index in [0.29, 0.717) is 58.4 Å². The lowest BCUT2D eigenvalue weighted by Gasteiger charge is -2.24. The van der Waals surface area contributed by atoms with E-state index >= 15 is 0 Å². The summed E-state index contributed by atoms with van der Waals surface area (Å²) in [5, 5.41) is 3.43. The van der Waals surface area contributed by atoms with E-state index in [4.69, 9.17) is 26.8 Å². The average Bonchev–Trinajstić information content (AvgIpc) is 2.91. The summed E-state index contributed by atoms with van der Waals surface area (Å²) in [6.45, 7) is 7.51. The highest BCUT2D eigenvalue weighted by molar-refractivity contribution is 6.31. The van der Waals surface area contributed by atoms with Gasteiger partial charge in [-0.15, -0.1) is 0 Å². The number of nitrogens with zero attached hydrogens (tertiary/aromatic N) is 1. The zero-order chi connectivity index (χ0) is 27.9. The maximum Gasteiger partial charge on any atom is 0.255 e. The zero-order valence-corrected chi connectivity index (χ0v) is 23.4. The van der Waals surface area contributed by atoms with Gasteiger partial charge in [0, 0.05) is 34.9 Å². The van der Waals surface area contributed by atoms with Crippen molar-refractivity contribution in [1.29, 1.82) is 0 Å². The molecule has 7 nitrogen and oxygen atoms in total. The van der Waals surface area contributed by atoms with Gasteiger partial charge in [-0.3, -0.25) is 9.59 Å². The molecule has 0 saturated carbocycles. The van der Waals surface area contributed by atoms with E-state index in [0.717, 1.165) is 5.56 Å². The number of hydrogen-bond acceptors (Lipinski definition) is 5. The van der Waals surface area contributed by atoms with Gasteiger partial charge >= 0.3 is 0 Å². The third kappa shape index (κ3) is 7.27. The molecule has 0 unspecified atom stereocenters. The van der Waals surface area contributed by atoms with Gasteiger partial charge in [0.2, 0.25) is 0 Å². The monoisotopic (exact) mass is 537 g/mol. The van der Waals surface area contributed by atoms with E-state index in [-0.39, 0.29) is 23.8 Å². The smallest absolute Gasteiger partial charge is 0.255 e. The minimum absolute atomic E-state index is 0.00421. The Kier molecular flexibility index (Phi) is 9.78. The van der Waals surface area contributed by atoms with Crippen LogP contribution in [-0.4, -0.2) is 44.0 Å². The van der Waals surface area contributed by atoms with Crippen LogP contribution in [-0.2, 0) is 12.0 Å². The Morgan fingerprint density at radius 3 is 2.18 bits per heavy atom. The molecular weight excluding hydrogens is 502 g/mol. The van der Waals surface area contributed by atoms with E-state index in [1.54, 1.807) is 48.4 Å². The Bertz CT molecular complexity index is 1270. The summed E-state index contributed by atoms with van der Waals surface area (Å²) >= 11 is 6.51. The summed E-state index contributed by atoms with van der Waals surface area (Å²) in [6, 6.07) is 17.9. The number of carbonyl (C=O) groups excluding carboxylic acids is 2. The molecule has 38 heavy (non-hydrogen) atoms. The number of ether oxygens (including phenoxy) is 2. The van der Waals surface area contributed by atoms with Crippen molar-refractivity contribution in [2.75, 3.05) is 32.6 Å². The number of nitrogens with one attached hydrogen (secondary N) is 1. The number of nitrogens with two attached hydrogens (primary N) is 1. The summed E-state index contributed by atoms with van der Waals surface area (Å²) < 4.78 is 10.6. The topological polar surface area (TPSA) is 93.9 Å². The second-order valence-electron chi connectivity index (χ2n) is 10.0. The molecule has 3 aromatic rings. The first-order valence-corrected chi connectivity index (χ1v) is 12.9. The molecule has 0 aromatic heterocycles. The predicted octanol–water partition coefficient (Wildman–Crippen LogP) is 5.90. The second-order valence-corrected chi connectivity index (χ2v) is 10.4. The molecule has 8 heteroatoms. The second kappa shape index (κ2) is 12.8. The van der Waals surface area contributed by atoms with Gasteiger partial charge in [0.05, 0.1) is 14.2 Å².